The fourth-order valence-electron chi connectivity index (χ4n) is 1.92. The summed E-state index contributed by atoms with van der Waals surface area (Å²) in [6.45, 7) is 0. The van der Waals surface area contributed by atoms with Crippen molar-refractivity contribution in [2.45, 2.75) is 0 Å². The average molecular weight is 315 g/mol. The van der Waals surface area contributed by atoms with E-state index in [2.05, 4.69) is 5.32 Å². The van der Waals surface area contributed by atoms with Crippen molar-refractivity contribution < 1.29 is 9.53 Å². The number of carbonyl (C=O) groups is 1. The molecule has 0 spiro atoms. The Kier molecular flexibility index (Phi) is 5.33. The Bertz CT molecular complexity index is 697. The molecular formula is C17H15ClN2O2. The fourth-order valence-corrected chi connectivity index (χ4v) is 2.10. The third-order valence-electron chi connectivity index (χ3n) is 2.97. The molecule has 112 valence electrons. The zero-order chi connectivity index (χ0) is 15.9. The lowest BCUT2D eigenvalue weighted by Crippen LogP contribution is -2.17. The minimum Gasteiger partial charge on any atom is -0.482 e. The van der Waals surface area contributed by atoms with Crippen LogP contribution in [-0.2, 0) is 9.53 Å². The predicted molar refractivity (Wildman–Crippen MR) is 88.2 cm³/mol. The molecule has 0 aromatic heterocycles. The molecule has 0 atom stereocenters. The first-order valence-electron chi connectivity index (χ1n) is 6.58. The number of hydrogen-bond donors (Lipinski definition) is 2. The number of methoxy groups -OCH3 is 1. The molecule has 0 amide bonds. The predicted octanol–water partition coefficient (Wildman–Crippen LogP) is 3.79. The number of halogens is 1. The number of benzene rings is 2. The lowest BCUT2D eigenvalue weighted by molar-refractivity contribution is -0.108. The maximum absolute atomic E-state index is 11.8. The number of carbonyl (C=O) groups excluding carboxylic acids is 1. The van der Waals surface area contributed by atoms with Gasteiger partial charge in [-0.3, -0.25) is 10.2 Å². The van der Waals surface area contributed by atoms with E-state index in [9.17, 15) is 4.79 Å². The van der Waals surface area contributed by atoms with Gasteiger partial charge in [0.15, 0.2) is 0 Å². The first-order chi connectivity index (χ1) is 10.6. The molecule has 22 heavy (non-hydrogen) atoms. The quantitative estimate of drug-likeness (QED) is 0.369. The average Bonchev–Trinajstić information content (AvgIpc) is 2.55. The zero-order valence-electron chi connectivity index (χ0n) is 12.0. The smallest absolute Gasteiger partial charge is 0.259 e. The van der Waals surface area contributed by atoms with Crippen LogP contribution >= 0.6 is 11.6 Å². The lowest BCUT2D eigenvalue weighted by Gasteiger charge is -2.14. The second-order valence-electron chi connectivity index (χ2n) is 4.41. The molecule has 0 heterocycles. The Morgan fingerprint density at radius 1 is 1.05 bits per heavy atom. The molecule has 0 saturated heterocycles. The summed E-state index contributed by atoms with van der Waals surface area (Å²) in [6.07, 6.45) is 0. The van der Waals surface area contributed by atoms with Gasteiger partial charge in [-0.15, -0.1) is 0 Å². The highest BCUT2D eigenvalue weighted by atomic mass is 35.5. The van der Waals surface area contributed by atoms with Gasteiger partial charge in [0.1, 0.15) is 5.57 Å². The van der Waals surface area contributed by atoms with Gasteiger partial charge in [0.25, 0.3) is 5.24 Å². The summed E-state index contributed by atoms with van der Waals surface area (Å²) in [7, 11) is 1.42. The Labute approximate surface area is 133 Å². The molecule has 0 aliphatic carbocycles. The summed E-state index contributed by atoms with van der Waals surface area (Å²) >= 11 is 5.67. The molecule has 0 bridgehead atoms. The highest BCUT2D eigenvalue weighted by Gasteiger charge is 2.21. The molecule has 0 aliphatic heterocycles. The molecule has 0 saturated carbocycles. The molecule has 0 unspecified atom stereocenters. The molecule has 0 fully saturated rings. The van der Waals surface area contributed by atoms with Crippen LogP contribution in [0.15, 0.2) is 72.1 Å². The van der Waals surface area contributed by atoms with E-state index in [0.717, 1.165) is 5.69 Å². The first-order valence-corrected chi connectivity index (χ1v) is 6.95. The molecule has 2 aromatic rings. The number of anilines is 1. The van der Waals surface area contributed by atoms with E-state index in [0.29, 0.717) is 5.56 Å². The lowest BCUT2D eigenvalue weighted by atomic mass is 10.0. The zero-order valence-corrected chi connectivity index (χ0v) is 12.7. The van der Waals surface area contributed by atoms with Crippen molar-refractivity contribution in [2.24, 2.45) is 0 Å². The normalized spacial score (nSPS) is 11.4. The number of ether oxygens (including phenoxy) is 1. The number of rotatable bonds is 6. The van der Waals surface area contributed by atoms with Crippen LogP contribution in [0.2, 0.25) is 0 Å². The molecule has 0 radical (unpaired) electrons. The monoisotopic (exact) mass is 314 g/mol. The number of hydrogen-bond acceptors (Lipinski definition) is 4. The van der Waals surface area contributed by atoms with Crippen molar-refractivity contribution in [3.05, 3.63) is 77.7 Å². The van der Waals surface area contributed by atoms with Gasteiger partial charge in [-0.05, 0) is 23.7 Å². The van der Waals surface area contributed by atoms with Crippen molar-refractivity contribution in [1.82, 2.24) is 0 Å². The molecule has 2 aromatic carbocycles. The van der Waals surface area contributed by atoms with Crippen molar-refractivity contribution in [3.63, 3.8) is 0 Å². The van der Waals surface area contributed by atoms with Gasteiger partial charge in [-0.1, -0.05) is 48.5 Å². The Morgan fingerprint density at radius 3 is 2.09 bits per heavy atom. The molecule has 2 N–H and O–H groups in total. The maximum Gasteiger partial charge on any atom is 0.259 e. The topological polar surface area (TPSA) is 62.2 Å². The number of nitrogens with one attached hydrogen (secondary N) is 2. The van der Waals surface area contributed by atoms with E-state index in [1.165, 1.54) is 7.11 Å². The summed E-state index contributed by atoms with van der Waals surface area (Å²) in [5.41, 5.74) is 1.30. The van der Waals surface area contributed by atoms with Crippen molar-refractivity contribution in [2.75, 3.05) is 12.4 Å². The van der Waals surface area contributed by atoms with Crippen LogP contribution in [0.1, 0.15) is 5.56 Å². The van der Waals surface area contributed by atoms with E-state index in [4.69, 9.17) is 21.7 Å². The molecule has 4 nitrogen and oxygen atoms in total. The third-order valence-corrected chi connectivity index (χ3v) is 3.16. The van der Waals surface area contributed by atoms with Crippen LogP contribution in [0.4, 0.5) is 5.69 Å². The van der Waals surface area contributed by atoms with Gasteiger partial charge < -0.3 is 10.1 Å². The summed E-state index contributed by atoms with van der Waals surface area (Å²) in [5, 5.41) is 10.5. The highest BCUT2D eigenvalue weighted by molar-refractivity contribution is 6.71. The van der Waals surface area contributed by atoms with Crippen molar-refractivity contribution >= 4 is 28.2 Å². The summed E-state index contributed by atoms with van der Waals surface area (Å²) in [5.74, 6) is 0.139. The molecular weight excluding hydrogens is 300 g/mol. The largest absolute Gasteiger partial charge is 0.482 e. The second kappa shape index (κ2) is 7.43. The van der Waals surface area contributed by atoms with Crippen LogP contribution in [0.5, 0.6) is 0 Å². The Hall–Kier alpha value is -2.59. The van der Waals surface area contributed by atoms with E-state index >= 15 is 0 Å². The van der Waals surface area contributed by atoms with Crippen LogP contribution in [0, 0.1) is 5.41 Å². The van der Waals surface area contributed by atoms with Crippen LogP contribution in [-0.4, -0.2) is 18.1 Å². The highest BCUT2D eigenvalue weighted by Crippen LogP contribution is 2.18. The Balaban J connectivity index is 2.42. The number of para-hydroxylation sites is 1. The Morgan fingerprint density at radius 2 is 1.59 bits per heavy atom. The summed E-state index contributed by atoms with van der Waals surface area (Å²) in [6, 6.07) is 18.1. The first kappa shape index (κ1) is 15.8. The molecule has 2 rings (SSSR count). The van der Waals surface area contributed by atoms with Crippen LogP contribution in [0.3, 0.4) is 0 Å². The van der Waals surface area contributed by atoms with Gasteiger partial charge in [-0.25, -0.2) is 0 Å². The van der Waals surface area contributed by atoms with Gasteiger partial charge in [0, 0.05) is 11.3 Å². The van der Waals surface area contributed by atoms with E-state index in [1.807, 2.05) is 36.4 Å². The SMILES string of the molecule is CO/C(Nc1ccccc1)=C(/C(=N)c1ccccc1)C(=O)Cl. The summed E-state index contributed by atoms with van der Waals surface area (Å²) < 4.78 is 5.24. The van der Waals surface area contributed by atoms with Gasteiger partial charge in [0.05, 0.1) is 12.8 Å². The van der Waals surface area contributed by atoms with E-state index in [-0.39, 0.29) is 17.2 Å². The van der Waals surface area contributed by atoms with Crippen molar-refractivity contribution in [3.8, 4) is 0 Å². The molecule has 5 heteroatoms. The summed E-state index contributed by atoms with van der Waals surface area (Å²) in [4.78, 5) is 11.8. The fraction of sp³-hybridized carbons (Fsp3) is 0.0588. The standard InChI is InChI=1S/C17H15ClN2O2/c1-22-17(20-13-10-6-3-7-11-13)14(16(18)21)15(19)12-8-4-2-5-9-12/h2-11,19-20H,1H3/b17-14-,19-15?. The second-order valence-corrected chi connectivity index (χ2v) is 4.76. The van der Waals surface area contributed by atoms with Gasteiger partial charge in [0.2, 0.25) is 5.88 Å². The van der Waals surface area contributed by atoms with E-state index < -0.39 is 5.24 Å². The van der Waals surface area contributed by atoms with Crippen LogP contribution < -0.4 is 5.32 Å². The minimum absolute atomic E-state index is 0.000816. The van der Waals surface area contributed by atoms with Gasteiger partial charge in [-0.2, -0.15) is 0 Å². The minimum atomic E-state index is -0.755. The molecule has 0 aliphatic rings. The van der Waals surface area contributed by atoms with Crippen molar-refractivity contribution in [1.29, 1.82) is 5.41 Å². The number of allylic oxidation sites excluding steroid dienone is 1. The maximum atomic E-state index is 11.8. The van der Waals surface area contributed by atoms with E-state index in [1.54, 1.807) is 24.3 Å². The third kappa shape index (κ3) is 3.74. The van der Waals surface area contributed by atoms with Crippen LogP contribution in [0.25, 0.3) is 0 Å². The van der Waals surface area contributed by atoms with Gasteiger partial charge >= 0.3 is 0 Å².